The van der Waals surface area contributed by atoms with Gasteiger partial charge in [-0.2, -0.15) is 0 Å². The third-order valence-electron chi connectivity index (χ3n) is 4.84. The van der Waals surface area contributed by atoms with Crippen LogP contribution in [0.3, 0.4) is 0 Å². The minimum Gasteiger partial charge on any atom is -0.469 e. The van der Waals surface area contributed by atoms with Gasteiger partial charge in [-0.1, -0.05) is 42.5 Å². The molecular formula is C21H19NO2. The van der Waals surface area contributed by atoms with Crippen LogP contribution in [0.1, 0.15) is 18.4 Å². The summed E-state index contributed by atoms with van der Waals surface area (Å²) < 4.78 is 4.73. The summed E-state index contributed by atoms with van der Waals surface area (Å²) in [5.41, 5.74) is 8.26. The maximum absolute atomic E-state index is 11.3. The van der Waals surface area contributed by atoms with Crippen molar-refractivity contribution in [2.75, 3.05) is 12.8 Å². The van der Waals surface area contributed by atoms with Crippen molar-refractivity contribution >= 4 is 44.0 Å². The van der Waals surface area contributed by atoms with E-state index in [1.54, 1.807) is 0 Å². The molecule has 3 nitrogen and oxygen atoms in total. The number of ether oxygens (including phenoxy) is 1. The second kappa shape index (κ2) is 5.68. The van der Waals surface area contributed by atoms with Gasteiger partial charge >= 0.3 is 5.97 Å². The molecule has 0 aliphatic rings. The van der Waals surface area contributed by atoms with Crippen LogP contribution in [0.4, 0.5) is 5.69 Å². The maximum atomic E-state index is 11.3. The van der Waals surface area contributed by atoms with Crippen LogP contribution in [0.15, 0.2) is 48.5 Å². The minimum atomic E-state index is -0.152. The topological polar surface area (TPSA) is 52.3 Å². The van der Waals surface area contributed by atoms with Gasteiger partial charge in [0.1, 0.15) is 0 Å². The molecule has 2 N–H and O–H groups in total. The van der Waals surface area contributed by atoms with Crippen molar-refractivity contribution in [1.29, 1.82) is 0 Å². The van der Waals surface area contributed by atoms with Gasteiger partial charge in [0.25, 0.3) is 0 Å². The molecule has 0 radical (unpaired) electrons. The standard InChI is InChI=1S/C21H19NO2/c1-24-19(23)4-2-3-13-5-6-14-8-11-17-18(22)12-9-15-7-10-16(13)20(14)21(15)17/h5-12H,2-4,22H2,1H3. The number of carbonyl (C=O) groups excluding carboxylic acids is 1. The molecule has 24 heavy (non-hydrogen) atoms. The van der Waals surface area contributed by atoms with Crippen LogP contribution in [0.25, 0.3) is 32.3 Å². The Bertz CT molecular complexity index is 1050. The van der Waals surface area contributed by atoms with Crippen molar-refractivity contribution in [1.82, 2.24) is 0 Å². The van der Waals surface area contributed by atoms with Gasteiger partial charge in [0.15, 0.2) is 0 Å². The number of methoxy groups -OCH3 is 1. The fraction of sp³-hybridized carbons (Fsp3) is 0.190. The van der Waals surface area contributed by atoms with Crippen LogP contribution in [0.5, 0.6) is 0 Å². The normalized spacial score (nSPS) is 11.5. The number of aryl methyl sites for hydroxylation is 1. The number of nitrogen functional groups attached to an aromatic ring is 1. The molecule has 0 unspecified atom stereocenters. The van der Waals surface area contributed by atoms with E-state index in [1.807, 2.05) is 6.07 Å². The Labute approximate surface area is 140 Å². The van der Waals surface area contributed by atoms with Crippen molar-refractivity contribution in [2.24, 2.45) is 0 Å². The average Bonchev–Trinajstić information content (AvgIpc) is 2.62. The predicted octanol–water partition coefficient (Wildman–Crippen LogP) is 4.66. The number of hydrogen-bond donors (Lipinski definition) is 1. The summed E-state index contributed by atoms with van der Waals surface area (Å²) in [7, 11) is 1.43. The van der Waals surface area contributed by atoms with E-state index in [0.717, 1.165) is 23.9 Å². The molecule has 0 heterocycles. The van der Waals surface area contributed by atoms with Crippen LogP contribution in [0, 0.1) is 0 Å². The van der Waals surface area contributed by atoms with E-state index >= 15 is 0 Å². The first-order valence-corrected chi connectivity index (χ1v) is 8.21. The second-order valence-electron chi connectivity index (χ2n) is 6.23. The molecule has 0 fully saturated rings. The molecule has 0 amide bonds. The fourth-order valence-electron chi connectivity index (χ4n) is 3.63. The molecule has 0 saturated carbocycles. The van der Waals surface area contributed by atoms with Gasteiger partial charge in [0, 0.05) is 17.5 Å². The van der Waals surface area contributed by atoms with E-state index < -0.39 is 0 Å². The first-order chi connectivity index (χ1) is 11.7. The van der Waals surface area contributed by atoms with Gasteiger partial charge in [-0.05, 0) is 51.4 Å². The number of carbonyl (C=O) groups is 1. The second-order valence-corrected chi connectivity index (χ2v) is 6.23. The number of nitrogens with two attached hydrogens (primary N) is 1. The fourth-order valence-corrected chi connectivity index (χ4v) is 3.63. The molecule has 0 spiro atoms. The van der Waals surface area contributed by atoms with E-state index in [0.29, 0.717) is 6.42 Å². The smallest absolute Gasteiger partial charge is 0.305 e. The Kier molecular flexibility index (Phi) is 3.49. The number of rotatable bonds is 4. The zero-order valence-corrected chi connectivity index (χ0v) is 13.6. The molecule has 0 atom stereocenters. The summed E-state index contributed by atoms with van der Waals surface area (Å²) >= 11 is 0. The van der Waals surface area contributed by atoms with E-state index in [1.165, 1.54) is 39.6 Å². The van der Waals surface area contributed by atoms with Crippen LogP contribution >= 0.6 is 0 Å². The van der Waals surface area contributed by atoms with Crippen molar-refractivity contribution < 1.29 is 9.53 Å². The largest absolute Gasteiger partial charge is 0.469 e. The number of anilines is 1. The minimum absolute atomic E-state index is 0.152. The van der Waals surface area contributed by atoms with Gasteiger partial charge in [0.05, 0.1) is 7.11 Å². The van der Waals surface area contributed by atoms with Gasteiger partial charge in [-0.3, -0.25) is 4.79 Å². The Morgan fingerprint density at radius 1 is 0.917 bits per heavy atom. The molecule has 4 aromatic rings. The molecule has 0 bridgehead atoms. The molecule has 120 valence electrons. The van der Waals surface area contributed by atoms with Crippen molar-refractivity contribution in [3.63, 3.8) is 0 Å². The zero-order valence-electron chi connectivity index (χ0n) is 13.6. The summed E-state index contributed by atoms with van der Waals surface area (Å²) in [6, 6.07) is 17.0. The monoisotopic (exact) mass is 317 g/mol. The molecule has 3 heteroatoms. The van der Waals surface area contributed by atoms with E-state index in [9.17, 15) is 4.79 Å². The molecule has 4 rings (SSSR count). The first-order valence-electron chi connectivity index (χ1n) is 8.21. The highest BCUT2D eigenvalue weighted by molar-refractivity contribution is 6.25. The lowest BCUT2D eigenvalue weighted by Crippen LogP contribution is -2.01. The van der Waals surface area contributed by atoms with Crippen LogP contribution < -0.4 is 5.73 Å². The lowest BCUT2D eigenvalue weighted by molar-refractivity contribution is -0.140. The maximum Gasteiger partial charge on any atom is 0.305 e. The van der Waals surface area contributed by atoms with E-state index in [4.69, 9.17) is 10.5 Å². The van der Waals surface area contributed by atoms with Crippen LogP contribution in [-0.4, -0.2) is 13.1 Å². The van der Waals surface area contributed by atoms with Crippen molar-refractivity contribution in [3.8, 4) is 0 Å². The number of hydrogen-bond acceptors (Lipinski definition) is 3. The van der Waals surface area contributed by atoms with Gasteiger partial charge < -0.3 is 10.5 Å². The average molecular weight is 317 g/mol. The highest BCUT2D eigenvalue weighted by Crippen LogP contribution is 2.38. The predicted molar refractivity (Wildman–Crippen MR) is 99.5 cm³/mol. The highest BCUT2D eigenvalue weighted by Gasteiger charge is 2.12. The summed E-state index contributed by atoms with van der Waals surface area (Å²) in [6.07, 6.45) is 2.10. The zero-order chi connectivity index (χ0) is 16.7. The van der Waals surface area contributed by atoms with E-state index in [-0.39, 0.29) is 5.97 Å². The van der Waals surface area contributed by atoms with Crippen molar-refractivity contribution in [3.05, 3.63) is 54.1 Å². The summed E-state index contributed by atoms with van der Waals surface area (Å²) in [4.78, 5) is 11.3. The molecule has 0 aliphatic heterocycles. The van der Waals surface area contributed by atoms with E-state index in [2.05, 4.69) is 42.5 Å². The lowest BCUT2D eigenvalue weighted by Gasteiger charge is -2.14. The molecule has 0 saturated heterocycles. The van der Waals surface area contributed by atoms with Gasteiger partial charge in [-0.15, -0.1) is 0 Å². The van der Waals surface area contributed by atoms with Gasteiger partial charge in [-0.25, -0.2) is 0 Å². The summed E-state index contributed by atoms with van der Waals surface area (Å²) in [6.45, 7) is 0. The third-order valence-corrected chi connectivity index (χ3v) is 4.84. The summed E-state index contributed by atoms with van der Waals surface area (Å²) in [5, 5.41) is 7.31. The first kappa shape index (κ1) is 14.8. The van der Waals surface area contributed by atoms with Crippen LogP contribution in [0.2, 0.25) is 0 Å². The molecule has 0 aliphatic carbocycles. The molecular weight excluding hydrogens is 298 g/mol. The SMILES string of the molecule is COC(=O)CCCc1ccc2ccc3c(N)ccc4ccc1c2c43. The number of esters is 1. The Morgan fingerprint density at radius 3 is 2.29 bits per heavy atom. The van der Waals surface area contributed by atoms with Gasteiger partial charge in [0.2, 0.25) is 0 Å². The quantitative estimate of drug-likeness (QED) is 0.338. The molecule has 0 aromatic heterocycles. The Morgan fingerprint density at radius 2 is 1.54 bits per heavy atom. The number of benzene rings is 4. The van der Waals surface area contributed by atoms with Crippen molar-refractivity contribution in [2.45, 2.75) is 19.3 Å². The molecule has 4 aromatic carbocycles. The Balaban J connectivity index is 1.88. The summed E-state index contributed by atoms with van der Waals surface area (Å²) in [5.74, 6) is -0.152. The Hall–Kier alpha value is -2.81. The third kappa shape index (κ3) is 2.24. The lowest BCUT2D eigenvalue weighted by atomic mass is 9.90. The highest BCUT2D eigenvalue weighted by atomic mass is 16.5. The van der Waals surface area contributed by atoms with Crippen LogP contribution in [-0.2, 0) is 16.0 Å².